The van der Waals surface area contributed by atoms with Crippen LogP contribution in [0.2, 0.25) is 0 Å². The van der Waals surface area contributed by atoms with E-state index in [9.17, 15) is 33.0 Å². The summed E-state index contributed by atoms with van der Waals surface area (Å²) in [6.45, 7) is 3.67. The Kier molecular flexibility index (Phi) is 8.09. The Balaban J connectivity index is 1.37. The van der Waals surface area contributed by atoms with E-state index in [1.807, 2.05) is 26.0 Å². The minimum absolute atomic E-state index is 0.183. The van der Waals surface area contributed by atoms with Crippen LogP contribution in [0, 0.1) is 11.3 Å². The molecule has 0 bridgehead atoms. The van der Waals surface area contributed by atoms with Gasteiger partial charge in [0.15, 0.2) is 0 Å². The van der Waals surface area contributed by atoms with E-state index in [-0.39, 0.29) is 30.7 Å². The fourth-order valence-corrected chi connectivity index (χ4v) is 7.07. The summed E-state index contributed by atoms with van der Waals surface area (Å²) in [5.74, 6) is -1.90. The lowest BCUT2D eigenvalue weighted by Gasteiger charge is -2.44. The van der Waals surface area contributed by atoms with Crippen molar-refractivity contribution in [2.45, 2.75) is 63.8 Å². The number of aromatic nitrogens is 3. The van der Waals surface area contributed by atoms with Crippen molar-refractivity contribution in [2.24, 2.45) is 11.3 Å². The number of rotatable bonds is 8. The number of hydrogen-bond acceptors (Lipinski definition) is 8. The van der Waals surface area contributed by atoms with Crippen molar-refractivity contribution in [3.8, 4) is 21.6 Å². The van der Waals surface area contributed by atoms with Crippen LogP contribution in [0.3, 0.4) is 0 Å². The number of nitrogens with zero attached hydrogens (tertiary/aromatic N) is 3. The number of thiazole rings is 1. The first kappa shape index (κ1) is 31.6. The van der Waals surface area contributed by atoms with Crippen LogP contribution in [0.15, 0.2) is 60.9 Å². The predicted octanol–water partition coefficient (Wildman–Crippen LogP) is 7.02. The highest BCUT2D eigenvalue weighted by atomic mass is 32.1. The molecule has 4 aromatic rings. The summed E-state index contributed by atoms with van der Waals surface area (Å²) in [7, 11) is 0. The van der Waals surface area contributed by atoms with E-state index >= 15 is 0 Å². The number of carboxylic acids is 1. The number of nitrogens with one attached hydrogen (secondary N) is 2. The Morgan fingerprint density at radius 3 is 2.46 bits per heavy atom. The molecule has 1 amide bonds. The summed E-state index contributed by atoms with van der Waals surface area (Å²) in [5, 5.41) is 27.7. The summed E-state index contributed by atoms with van der Waals surface area (Å²) in [6.07, 6.45) is 0.673. The molecule has 0 unspecified atom stereocenters. The van der Waals surface area contributed by atoms with Crippen molar-refractivity contribution in [2.75, 3.05) is 5.32 Å². The summed E-state index contributed by atoms with van der Waals surface area (Å²) >= 11 is 1.27. The molecule has 0 radical (unpaired) electrons. The summed E-state index contributed by atoms with van der Waals surface area (Å²) in [5.41, 5.74) is -0.151. The second-order valence-electron chi connectivity index (χ2n) is 12.7. The van der Waals surface area contributed by atoms with Gasteiger partial charge in [0, 0.05) is 29.7 Å². The van der Waals surface area contributed by atoms with Crippen LogP contribution in [-0.4, -0.2) is 43.1 Å². The predicted molar refractivity (Wildman–Crippen MR) is 166 cm³/mol. The maximum absolute atomic E-state index is 13.4. The Hall–Kier alpha value is -4.36. The van der Waals surface area contributed by atoms with E-state index in [2.05, 4.69) is 25.6 Å². The largest absolute Gasteiger partial charge is 0.481 e. The van der Waals surface area contributed by atoms with Gasteiger partial charge in [-0.3, -0.25) is 9.59 Å². The van der Waals surface area contributed by atoms with Crippen molar-refractivity contribution in [3.05, 3.63) is 77.2 Å². The second-order valence-corrected chi connectivity index (χ2v) is 13.7. The SMILES string of the molecule is CC1(C)C[C@@](O)(c2ncc(-c3cc(Nc4nccc(C(F)(F)F)n4)cc(-c4cccc(C(=O)NC5CC5)c4)c3)s2)CC[C@@H]1C(=O)O. The number of benzene rings is 2. The second kappa shape index (κ2) is 11.8. The van der Waals surface area contributed by atoms with Gasteiger partial charge in [0.2, 0.25) is 5.95 Å². The van der Waals surface area contributed by atoms with Crippen molar-refractivity contribution >= 4 is 34.8 Å². The Morgan fingerprint density at radius 1 is 1.00 bits per heavy atom. The summed E-state index contributed by atoms with van der Waals surface area (Å²) in [6, 6.07) is 13.4. The molecule has 6 rings (SSSR count). The molecule has 9 nitrogen and oxygen atoms in total. The van der Waals surface area contributed by atoms with E-state index in [1.54, 1.807) is 36.5 Å². The number of alkyl halides is 3. The van der Waals surface area contributed by atoms with Crippen molar-refractivity contribution in [3.63, 3.8) is 0 Å². The molecule has 2 saturated carbocycles. The lowest BCUT2D eigenvalue weighted by atomic mass is 9.63. The number of amides is 1. The molecule has 240 valence electrons. The Morgan fingerprint density at radius 2 is 1.76 bits per heavy atom. The molecular formula is C33H32F3N5O4S. The minimum Gasteiger partial charge on any atom is -0.481 e. The van der Waals surface area contributed by atoms with Crippen LogP contribution in [0.1, 0.15) is 67.0 Å². The monoisotopic (exact) mass is 651 g/mol. The number of aliphatic hydroxyl groups is 1. The minimum atomic E-state index is -4.65. The molecule has 0 saturated heterocycles. The van der Waals surface area contributed by atoms with E-state index in [0.29, 0.717) is 44.2 Å². The third-order valence-corrected chi connectivity index (χ3v) is 9.77. The van der Waals surface area contributed by atoms with Gasteiger partial charge in [-0.2, -0.15) is 13.2 Å². The van der Waals surface area contributed by atoms with E-state index in [0.717, 1.165) is 25.1 Å². The van der Waals surface area contributed by atoms with Crippen LogP contribution in [0.4, 0.5) is 24.8 Å². The average molecular weight is 652 g/mol. The fraction of sp³-hybridized carbons (Fsp3) is 0.364. The van der Waals surface area contributed by atoms with Crippen LogP contribution < -0.4 is 10.6 Å². The van der Waals surface area contributed by atoms with Gasteiger partial charge in [0.05, 0.1) is 10.8 Å². The van der Waals surface area contributed by atoms with Crippen LogP contribution >= 0.6 is 11.3 Å². The van der Waals surface area contributed by atoms with Crippen LogP contribution in [0.5, 0.6) is 0 Å². The van der Waals surface area contributed by atoms with Crippen molar-refractivity contribution < 1.29 is 33.0 Å². The number of carboxylic acid groups (broad SMARTS) is 1. The maximum Gasteiger partial charge on any atom is 0.433 e. The zero-order chi connectivity index (χ0) is 32.9. The number of aliphatic carboxylic acids is 1. The highest BCUT2D eigenvalue weighted by Gasteiger charge is 2.49. The molecule has 46 heavy (non-hydrogen) atoms. The Labute approximate surface area is 267 Å². The van der Waals surface area contributed by atoms with E-state index < -0.39 is 34.8 Å². The molecule has 2 aromatic carbocycles. The summed E-state index contributed by atoms with van der Waals surface area (Å²) < 4.78 is 40.1. The number of halogens is 3. The normalized spacial score (nSPS) is 21.0. The molecule has 2 aliphatic rings. The van der Waals surface area contributed by atoms with Gasteiger partial charge >= 0.3 is 12.1 Å². The number of hydrogen-bond donors (Lipinski definition) is 4. The molecule has 2 aliphatic carbocycles. The van der Waals surface area contributed by atoms with Crippen LogP contribution in [-0.2, 0) is 16.6 Å². The maximum atomic E-state index is 13.4. The first-order valence-corrected chi connectivity index (χ1v) is 15.7. The molecule has 4 N–H and O–H groups in total. The third kappa shape index (κ3) is 6.75. The highest BCUT2D eigenvalue weighted by molar-refractivity contribution is 7.15. The molecular weight excluding hydrogens is 619 g/mol. The first-order valence-electron chi connectivity index (χ1n) is 14.9. The molecule has 2 fully saturated rings. The fourth-order valence-electron chi connectivity index (χ4n) is 6.05. The van der Waals surface area contributed by atoms with Gasteiger partial charge < -0.3 is 20.8 Å². The smallest absolute Gasteiger partial charge is 0.433 e. The topological polar surface area (TPSA) is 137 Å². The van der Waals surface area contributed by atoms with Crippen molar-refractivity contribution in [1.29, 1.82) is 0 Å². The molecule has 0 spiro atoms. The zero-order valence-electron chi connectivity index (χ0n) is 25.1. The van der Waals surface area contributed by atoms with Gasteiger partial charge in [0.1, 0.15) is 16.3 Å². The first-order chi connectivity index (χ1) is 21.7. The third-order valence-electron chi connectivity index (χ3n) is 8.53. The highest BCUT2D eigenvalue weighted by Crippen LogP contribution is 2.51. The van der Waals surface area contributed by atoms with Gasteiger partial charge in [-0.25, -0.2) is 15.0 Å². The van der Waals surface area contributed by atoms with Gasteiger partial charge in [-0.05, 0) is 90.6 Å². The lowest BCUT2D eigenvalue weighted by molar-refractivity contribution is -0.154. The quantitative estimate of drug-likeness (QED) is 0.160. The lowest BCUT2D eigenvalue weighted by Crippen LogP contribution is -2.44. The number of carbonyl (C=O) groups excluding carboxylic acids is 1. The van der Waals surface area contributed by atoms with Crippen molar-refractivity contribution in [1.82, 2.24) is 20.3 Å². The average Bonchev–Trinajstić information content (AvgIpc) is 3.65. The Bertz CT molecular complexity index is 1810. The molecule has 2 heterocycles. The molecule has 13 heteroatoms. The van der Waals surface area contributed by atoms with E-state index in [1.165, 1.54) is 11.3 Å². The van der Waals surface area contributed by atoms with Gasteiger partial charge in [-0.1, -0.05) is 26.0 Å². The van der Waals surface area contributed by atoms with Gasteiger partial charge in [-0.15, -0.1) is 11.3 Å². The van der Waals surface area contributed by atoms with E-state index in [4.69, 9.17) is 0 Å². The summed E-state index contributed by atoms with van der Waals surface area (Å²) in [4.78, 5) is 37.4. The molecule has 2 atom stereocenters. The van der Waals surface area contributed by atoms with Gasteiger partial charge in [0.25, 0.3) is 5.91 Å². The number of anilines is 2. The number of carbonyl (C=O) groups is 2. The van der Waals surface area contributed by atoms with Crippen LogP contribution in [0.25, 0.3) is 21.6 Å². The molecule has 2 aromatic heterocycles. The standard InChI is InChI=1S/C33H32F3N5O4S/c1-31(2)17-32(45,10-8-24(31)28(43)44)29-38-16-25(46-29)21-13-20(18-4-3-5-19(12-18)27(42)39-22-6-7-22)14-23(15-21)40-30-37-11-9-26(41-30)33(34,35)36/h3-5,9,11-16,22,24,45H,6-8,10,17H2,1-2H3,(H,39,42)(H,43,44)(H,37,40,41)/t24-,32-/m1/s1. The zero-order valence-corrected chi connectivity index (χ0v) is 25.9. The molecule has 0 aliphatic heterocycles.